The van der Waals surface area contributed by atoms with Crippen molar-refractivity contribution in [2.75, 3.05) is 11.1 Å². The molecule has 0 radical (unpaired) electrons. The number of hydrogen-bond donors (Lipinski definition) is 1. The van der Waals surface area contributed by atoms with Crippen LogP contribution in [0.25, 0.3) is 0 Å². The fraction of sp³-hybridized carbons (Fsp3) is 0.267. The van der Waals surface area contributed by atoms with E-state index >= 15 is 0 Å². The number of nitrogens with zero attached hydrogens (tertiary/aromatic N) is 2. The van der Waals surface area contributed by atoms with E-state index in [0.29, 0.717) is 38.8 Å². The molecule has 1 unspecified atom stereocenters. The number of fused-ring (bicyclic) bond motifs is 1. The zero-order valence-electron chi connectivity index (χ0n) is 12.2. The fourth-order valence-corrected chi connectivity index (χ4v) is 3.69. The second-order valence-electron chi connectivity index (χ2n) is 5.24. The summed E-state index contributed by atoms with van der Waals surface area (Å²) in [4.78, 5) is 28.9. The number of thioether (sulfide) groups is 1. The monoisotopic (exact) mass is 369 g/mol. The molecule has 1 aliphatic rings. The lowest BCUT2D eigenvalue weighted by Crippen LogP contribution is -2.37. The summed E-state index contributed by atoms with van der Waals surface area (Å²) < 4.78 is 1.55. The van der Waals surface area contributed by atoms with E-state index in [9.17, 15) is 9.59 Å². The summed E-state index contributed by atoms with van der Waals surface area (Å²) in [5, 5.41) is 4.11. The first kappa shape index (κ1) is 16.4. The van der Waals surface area contributed by atoms with Gasteiger partial charge in [0.15, 0.2) is 5.16 Å². The molecule has 23 heavy (non-hydrogen) atoms. The second-order valence-corrected chi connectivity index (χ2v) is 7.01. The van der Waals surface area contributed by atoms with Gasteiger partial charge in [0.1, 0.15) is 0 Å². The average molecular weight is 370 g/mol. The van der Waals surface area contributed by atoms with Crippen LogP contribution >= 0.6 is 35.0 Å². The molecule has 8 heteroatoms. The van der Waals surface area contributed by atoms with Crippen LogP contribution in [-0.2, 0) is 11.3 Å². The number of rotatable bonds is 2. The molecular formula is C15H13Cl2N3O2S. The summed E-state index contributed by atoms with van der Waals surface area (Å²) in [6, 6.07) is 5.06. The maximum absolute atomic E-state index is 12.5. The van der Waals surface area contributed by atoms with Gasteiger partial charge in [-0.3, -0.25) is 14.2 Å². The molecule has 120 valence electrons. The lowest BCUT2D eigenvalue weighted by molar-refractivity contribution is -0.119. The number of aryl methyl sites for hydroxylation is 1. The minimum atomic E-state index is -0.344. The van der Waals surface area contributed by atoms with Crippen molar-refractivity contribution in [2.45, 2.75) is 18.6 Å². The quantitative estimate of drug-likeness (QED) is 0.825. The second kappa shape index (κ2) is 6.55. The molecule has 0 saturated heterocycles. The van der Waals surface area contributed by atoms with Crippen molar-refractivity contribution >= 4 is 46.6 Å². The molecule has 0 saturated carbocycles. The standard InChI is InChI=1S/C15H13Cl2N3O2S/c1-8-5-18-15-20(14(8)22)6-9(7-23-15)13(21)19-11-4-2-3-10(16)12(11)17/h2-5,9H,6-7H2,1H3,(H,19,21). The van der Waals surface area contributed by atoms with Crippen molar-refractivity contribution in [3.63, 3.8) is 0 Å². The Morgan fingerprint density at radius 1 is 1.43 bits per heavy atom. The Morgan fingerprint density at radius 2 is 2.22 bits per heavy atom. The van der Waals surface area contributed by atoms with Crippen molar-refractivity contribution in [1.82, 2.24) is 9.55 Å². The van der Waals surface area contributed by atoms with Crippen molar-refractivity contribution in [2.24, 2.45) is 5.92 Å². The van der Waals surface area contributed by atoms with Crippen LogP contribution in [0.2, 0.25) is 10.0 Å². The van der Waals surface area contributed by atoms with E-state index in [-0.39, 0.29) is 17.4 Å². The van der Waals surface area contributed by atoms with E-state index in [1.165, 1.54) is 11.8 Å². The highest BCUT2D eigenvalue weighted by atomic mass is 35.5. The molecule has 0 aliphatic carbocycles. The van der Waals surface area contributed by atoms with Gasteiger partial charge in [-0.25, -0.2) is 4.98 Å². The number of halogens is 2. The predicted molar refractivity (Wildman–Crippen MR) is 92.5 cm³/mol. The molecule has 0 bridgehead atoms. The van der Waals surface area contributed by atoms with Gasteiger partial charge >= 0.3 is 0 Å². The number of aromatic nitrogens is 2. The van der Waals surface area contributed by atoms with Crippen LogP contribution in [-0.4, -0.2) is 21.2 Å². The first-order chi connectivity index (χ1) is 11.0. The molecule has 1 N–H and O–H groups in total. The highest BCUT2D eigenvalue weighted by Crippen LogP contribution is 2.31. The third kappa shape index (κ3) is 3.24. The first-order valence-corrected chi connectivity index (χ1v) is 8.65. The van der Waals surface area contributed by atoms with Crippen LogP contribution in [0.15, 0.2) is 34.3 Å². The summed E-state index contributed by atoms with van der Waals surface area (Å²) in [5.74, 6) is 0.0176. The summed E-state index contributed by atoms with van der Waals surface area (Å²) in [6.45, 7) is 2.02. The number of benzene rings is 1. The Labute approximate surface area is 147 Å². The fourth-order valence-electron chi connectivity index (χ4n) is 2.29. The minimum Gasteiger partial charge on any atom is -0.324 e. The summed E-state index contributed by atoms with van der Waals surface area (Å²) >= 11 is 13.4. The van der Waals surface area contributed by atoms with Gasteiger partial charge in [0.05, 0.1) is 21.7 Å². The minimum absolute atomic E-state index is 0.110. The molecule has 0 fully saturated rings. The first-order valence-electron chi connectivity index (χ1n) is 6.91. The van der Waals surface area contributed by atoms with Gasteiger partial charge < -0.3 is 5.32 Å². The van der Waals surface area contributed by atoms with Crippen LogP contribution in [0.4, 0.5) is 5.69 Å². The Balaban J connectivity index is 1.81. The Hall–Kier alpha value is -1.50. The molecule has 2 heterocycles. The maximum atomic E-state index is 12.5. The molecule has 5 nitrogen and oxygen atoms in total. The summed E-state index contributed by atoms with van der Waals surface area (Å²) in [5.41, 5.74) is 0.920. The van der Waals surface area contributed by atoms with Gasteiger partial charge in [0.25, 0.3) is 5.56 Å². The molecule has 1 aliphatic heterocycles. The SMILES string of the molecule is Cc1cnc2n(c1=O)CC(C(=O)Nc1cccc(Cl)c1Cl)CS2. The molecule has 0 spiro atoms. The Morgan fingerprint density at radius 3 is 3.00 bits per heavy atom. The molecule has 2 aromatic rings. The molecular weight excluding hydrogens is 357 g/mol. The van der Waals surface area contributed by atoms with Crippen LogP contribution in [0.5, 0.6) is 0 Å². The zero-order valence-corrected chi connectivity index (χ0v) is 14.5. The molecule has 1 aromatic heterocycles. The predicted octanol–water partition coefficient (Wildman–Crippen LogP) is 3.22. The van der Waals surface area contributed by atoms with Crippen LogP contribution in [0.1, 0.15) is 5.56 Å². The lowest BCUT2D eigenvalue weighted by Gasteiger charge is -2.24. The summed E-state index contributed by atoms with van der Waals surface area (Å²) in [7, 11) is 0. The number of carbonyl (C=O) groups is 1. The van der Waals surface area contributed by atoms with E-state index in [1.54, 1.807) is 35.9 Å². The maximum Gasteiger partial charge on any atom is 0.257 e. The van der Waals surface area contributed by atoms with E-state index in [1.807, 2.05) is 0 Å². The lowest BCUT2D eigenvalue weighted by atomic mass is 10.1. The molecule has 1 atom stereocenters. The van der Waals surface area contributed by atoms with E-state index < -0.39 is 0 Å². The van der Waals surface area contributed by atoms with Crippen LogP contribution in [0, 0.1) is 12.8 Å². The van der Waals surface area contributed by atoms with Crippen molar-refractivity contribution in [1.29, 1.82) is 0 Å². The highest BCUT2D eigenvalue weighted by molar-refractivity contribution is 7.99. The number of anilines is 1. The Bertz CT molecular complexity index is 838. The Kier molecular flexibility index (Phi) is 4.66. The third-order valence-electron chi connectivity index (χ3n) is 3.58. The van der Waals surface area contributed by atoms with Gasteiger partial charge in [0, 0.05) is 24.1 Å². The van der Waals surface area contributed by atoms with E-state index in [2.05, 4.69) is 10.3 Å². The molecule has 3 rings (SSSR count). The largest absolute Gasteiger partial charge is 0.324 e. The van der Waals surface area contributed by atoms with Gasteiger partial charge in [-0.15, -0.1) is 0 Å². The van der Waals surface area contributed by atoms with Gasteiger partial charge in [-0.05, 0) is 19.1 Å². The average Bonchev–Trinajstić information content (AvgIpc) is 2.55. The van der Waals surface area contributed by atoms with Crippen molar-refractivity contribution in [3.8, 4) is 0 Å². The summed E-state index contributed by atoms with van der Waals surface area (Å²) in [6.07, 6.45) is 1.56. The number of carbonyl (C=O) groups excluding carboxylic acids is 1. The van der Waals surface area contributed by atoms with E-state index in [0.717, 1.165) is 0 Å². The smallest absolute Gasteiger partial charge is 0.257 e. The number of nitrogens with one attached hydrogen (secondary N) is 1. The van der Waals surface area contributed by atoms with Crippen molar-refractivity contribution in [3.05, 3.63) is 50.4 Å². The van der Waals surface area contributed by atoms with Crippen LogP contribution in [0.3, 0.4) is 0 Å². The van der Waals surface area contributed by atoms with Gasteiger partial charge in [0.2, 0.25) is 5.91 Å². The van der Waals surface area contributed by atoms with E-state index in [4.69, 9.17) is 23.2 Å². The molecule has 1 amide bonds. The topological polar surface area (TPSA) is 64.0 Å². The highest BCUT2D eigenvalue weighted by Gasteiger charge is 2.27. The number of hydrogen-bond acceptors (Lipinski definition) is 4. The normalized spacial score (nSPS) is 16.7. The van der Waals surface area contributed by atoms with Gasteiger partial charge in [-0.1, -0.05) is 41.0 Å². The molecule has 1 aromatic carbocycles. The van der Waals surface area contributed by atoms with Crippen LogP contribution < -0.4 is 10.9 Å². The zero-order chi connectivity index (χ0) is 16.6. The van der Waals surface area contributed by atoms with Crippen molar-refractivity contribution < 1.29 is 4.79 Å². The number of amides is 1. The van der Waals surface area contributed by atoms with Gasteiger partial charge in [-0.2, -0.15) is 0 Å². The third-order valence-corrected chi connectivity index (χ3v) is 5.55.